The largest absolute Gasteiger partial charge is 0.482 e. The molecule has 110 valence electrons. The smallest absolute Gasteiger partial charge is 0.258 e. The average molecular weight is 300 g/mol. The molecule has 1 aromatic carbocycles. The quantitative estimate of drug-likeness (QED) is 0.923. The van der Waals surface area contributed by atoms with Crippen LogP contribution >= 0.6 is 11.6 Å². The first-order chi connectivity index (χ1) is 9.56. The van der Waals surface area contributed by atoms with E-state index in [-0.39, 0.29) is 23.6 Å². The molecule has 1 amide bonds. The molecule has 0 aliphatic heterocycles. The number of nitrogens with one attached hydrogen (secondary N) is 1. The number of hydrogen-bond acceptors (Lipinski definition) is 2. The highest BCUT2D eigenvalue weighted by Gasteiger charge is 2.22. The van der Waals surface area contributed by atoms with Crippen molar-refractivity contribution >= 4 is 17.5 Å². The van der Waals surface area contributed by atoms with Gasteiger partial charge in [0.25, 0.3) is 5.91 Å². The van der Waals surface area contributed by atoms with E-state index in [1.54, 1.807) is 0 Å². The van der Waals surface area contributed by atoms with Crippen LogP contribution in [-0.2, 0) is 4.79 Å². The summed E-state index contributed by atoms with van der Waals surface area (Å²) in [6, 6.07) is 4.07. The van der Waals surface area contributed by atoms with Crippen molar-refractivity contribution in [3.8, 4) is 5.75 Å². The van der Waals surface area contributed by atoms with Gasteiger partial charge in [-0.25, -0.2) is 4.39 Å². The van der Waals surface area contributed by atoms with Gasteiger partial charge in [0.2, 0.25) is 0 Å². The summed E-state index contributed by atoms with van der Waals surface area (Å²) >= 11 is 5.83. The van der Waals surface area contributed by atoms with Crippen LogP contribution in [-0.4, -0.2) is 18.6 Å². The maximum Gasteiger partial charge on any atom is 0.258 e. The third-order valence-electron chi connectivity index (χ3n) is 3.71. The molecule has 2 atom stereocenters. The molecule has 3 nitrogen and oxygen atoms in total. The fourth-order valence-electron chi connectivity index (χ4n) is 2.51. The topological polar surface area (TPSA) is 38.3 Å². The second-order valence-corrected chi connectivity index (χ2v) is 5.71. The number of benzene rings is 1. The van der Waals surface area contributed by atoms with Gasteiger partial charge in [0.05, 0.1) is 5.02 Å². The Morgan fingerprint density at radius 1 is 1.45 bits per heavy atom. The molecule has 1 saturated carbocycles. The SMILES string of the molecule is C[C@@H]1CCCC[C@@H]1NC(=O)COc1ccc(F)cc1Cl. The molecule has 0 saturated heterocycles. The van der Waals surface area contributed by atoms with E-state index in [1.165, 1.54) is 18.6 Å². The van der Waals surface area contributed by atoms with Crippen LogP contribution in [0.5, 0.6) is 5.75 Å². The monoisotopic (exact) mass is 299 g/mol. The van der Waals surface area contributed by atoms with Crippen LogP contribution in [0.15, 0.2) is 18.2 Å². The third-order valence-corrected chi connectivity index (χ3v) is 4.01. The first-order valence-electron chi connectivity index (χ1n) is 6.93. The minimum Gasteiger partial charge on any atom is -0.482 e. The molecule has 1 aliphatic carbocycles. The number of rotatable bonds is 4. The second kappa shape index (κ2) is 6.93. The molecule has 0 spiro atoms. The van der Waals surface area contributed by atoms with Crippen molar-refractivity contribution in [2.24, 2.45) is 5.92 Å². The molecule has 2 rings (SSSR count). The molecule has 0 aromatic heterocycles. The average Bonchev–Trinajstić information content (AvgIpc) is 2.40. The first-order valence-corrected chi connectivity index (χ1v) is 7.31. The number of hydrogen-bond donors (Lipinski definition) is 1. The van der Waals surface area contributed by atoms with Gasteiger partial charge in [-0.1, -0.05) is 31.4 Å². The van der Waals surface area contributed by atoms with Crippen molar-refractivity contribution < 1.29 is 13.9 Å². The van der Waals surface area contributed by atoms with Crippen LogP contribution in [0.1, 0.15) is 32.6 Å². The van der Waals surface area contributed by atoms with Gasteiger partial charge in [-0.15, -0.1) is 0 Å². The van der Waals surface area contributed by atoms with Crippen molar-refractivity contribution in [2.45, 2.75) is 38.6 Å². The molecule has 1 aromatic rings. The lowest BCUT2D eigenvalue weighted by atomic mass is 9.86. The standard InChI is InChI=1S/C15H19ClFNO2/c1-10-4-2-3-5-13(10)18-15(19)9-20-14-7-6-11(17)8-12(14)16/h6-8,10,13H,2-5,9H2,1H3,(H,18,19)/t10-,13+/m1/s1. The zero-order valence-corrected chi connectivity index (χ0v) is 12.3. The molecule has 1 N–H and O–H groups in total. The summed E-state index contributed by atoms with van der Waals surface area (Å²) in [6.45, 7) is 2.05. The van der Waals surface area contributed by atoms with Crippen molar-refractivity contribution in [1.29, 1.82) is 0 Å². The second-order valence-electron chi connectivity index (χ2n) is 5.30. The summed E-state index contributed by atoms with van der Waals surface area (Å²) in [5.41, 5.74) is 0. The highest BCUT2D eigenvalue weighted by Crippen LogP contribution is 2.25. The van der Waals surface area contributed by atoms with E-state index in [1.807, 2.05) is 0 Å². The highest BCUT2D eigenvalue weighted by atomic mass is 35.5. The molecule has 5 heteroatoms. The predicted molar refractivity (Wildman–Crippen MR) is 76.5 cm³/mol. The fraction of sp³-hybridized carbons (Fsp3) is 0.533. The van der Waals surface area contributed by atoms with Gasteiger partial charge in [-0.2, -0.15) is 0 Å². The van der Waals surface area contributed by atoms with Gasteiger partial charge >= 0.3 is 0 Å². The molecule has 0 unspecified atom stereocenters. The predicted octanol–water partition coefficient (Wildman–Crippen LogP) is 3.55. The summed E-state index contributed by atoms with van der Waals surface area (Å²) in [7, 11) is 0. The highest BCUT2D eigenvalue weighted by molar-refractivity contribution is 6.32. The van der Waals surface area contributed by atoms with Crippen LogP contribution in [0.2, 0.25) is 5.02 Å². The Balaban J connectivity index is 1.82. The minimum atomic E-state index is -0.428. The van der Waals surface area contributed by atoms with Gasteiger partial charge in [-0.3, -0.25) is 4.79 Å². The summed E-state index contributed by atoms with van der Waals surface area (Å²) in [5, 5.41) is 3.16. The van der Waals surface area contributed by atoms with E-state index < -0.39 is 5.82 Å². The summed E-state index contributed by atoms with van der Waals surface area (Å²) in [5.74, 6) is 0.231. The van der Waals surface area contributed by atoms with Crippen LogP contribution in [0.3, 0.4) is 0 Å². The molecule has 1 aliphatic rings. The normalized spacial score (nSPS) is 22.4. The Bertz CT molecular complexity index is 481. The first kappa shape index (κ1) is 15.1. The van der Waals surface area contributed by atoms with Crippen molar-refractivity contribution in [3.05, 3.63) is 29.0 Å². The molecule has 0 radical (unpaired) electrons. The van der Waals surface area contributed by atoms with Crippen LogP contribution in [0.25, 0.3) is 0 Å². The van der Waals surface area contributed by atoms with Crippen molar-refractivity contribution in [3.63, 3.8) is 0 Å². The number of carbonyl (C=O) groups is 1. The maximum atomic E-state index is 12.9. The van der Waals surface area contributed by atoms with Gasteiger partial charge in [0, 0.05) is 6.04 Å². The maximum absolute atomic E-state index is 12.9. The summed E-state index contributed by atoms with van der Waals surface area (Å²) < 4.78 is 18.2. The Hall–Kier alpha value is -1.29. The number of carbonyl (C=O) groups excluding carboxylic acids is 1. The Labute approximate surface area is 123 Å². The number of ether oxygens (including phenoxy) is 1. The van der Waals surface area contributed by atoms with E-state index in [9.17, 15) is 9.18 Å². The van der Waals surface area contributed by atoms with Gasteiger partial charge in [-0.05, 0) is 37.0 Å². The van der Waals surface area contributed by atoms with E-state index in [0.717, 1.165) is 25.3 Å². The Kier molecular flexibility index (Phi) is 5.24. The van der Waals surface area contributed by atoms with E-state index in [0.29, 0.717) is 11.7 Å². The zero-order valence-electron chi connectivity index (χ0n) is 11.5. The van der Waals surface area contributed by atoms with Crippen LogP contribution in [0, 0.1) is 11.7 Å². The van der Waals surface area contributed by atoms with E-state index in [4.69, 9.17) is 16.3 Å². The number of halogens is 2. The lowest BCUT2D eigenvalue weighted by Gasteiger charge is -2.29. The van der Waals surface area contributed by atoms with E-state index >= 15 is 0 Å². The third kappa shape index (κ3) is 4.10. The summed E-state index contributed by atoms with van der Waals surface area (Å²) in [6.07, 6.45) is 4.55. The number of amides is 1. The Morgan fingerprint density at radius 3 is 2.90 bits per heavy atom. The lowest BCUT2D eigenvalue weighted by Crippen LogP contribution is -2.43. The molecular weight excluding hydrogens is 281 g/mol. The van der Waals surface area contributed by atoms with Gasteiger partial charge in [0.1, 0.15) is 11.6 Å². The molecule has 1 fully saturated rings. The van der Waals surface area contributed by atoms with Crippen LogP contribution < -0.4 is 10.1 Å². The minimum absolute atomic E-state index is 0.103. The Morgan fingerprint density at radius 2 is 2.20 bits per heavy atom. The molecule has 0 bridgehead atoms. The van der Waals surface area contributed by atoms with Crippen molar-refractivity contribution in [1.82, 2.24) is 5.32 Å². The molecule has 0 heterocycles. The molecular formula is C15H19ClFNO2. The van der Waals surface area contributed by atoms with Gasteiger partial charge < -0.3 is 10.1 Å². The fourth-order valence-corrected chi connectivity index (χ4v) is 2.74. The molecule has 20 heavy (non-hydrogen) atoms. The van der Waals surface area contributed by atoms with Gasteiger partial charge in [0.15, 0.2) is 6.61 Å². The summed E-state index contributed by atoms with van der Waals surface area (Å²) in [4.78, 5) is 11.9. The van der Waals surface area contributed by atoms with Crippen LogP contribution in [0.4, 0.5) is 4.39 Å². The van der Waals surface area contributed by atoms with Crippen molar-refractivity contribution in [2.75, 3.05) is 6.61 Å². The van der Waals surface area contributed by atoms with E-state index in [2.05, 4.69) is 12.2 Å². The zero-order chi connectivity index (χ0) is 14.5. The lowest BCUT2D eigenvalue weighted by molar-refractivity contribution is -0.124.